The van der Waals surface area contributed by atoms with Crippen molar-refractivity contribution in [2.45, 2.75) is 31.2 Å². The molecule has 1 aliphatic carbocycles. The lowest BCUT2D eigenvalue weighted by Crippen LogP contribution is -2.27. The minimum atomic E-state index is 0.231. The van der Waals surface area contributed by atoms with Gasteiger partial charge >= 0.3 is 0 Å². The number of nitrogens with zero attached hydrogens (tertiary/aromatic N) is 1. The maximum Gasteiger partial charge on any atom is 0.0485 e. The molecule has 2 aromatic rings. The van der Waals surface area contributed by atoms with Crippen molar-refractivity contribution >= 4 is 27.5 Å². The standard InChI is InChI=1S/C17H18BrClN2/c1-20-16(12-8-13(18)10-14(19)9-12)15-6-2-4-11-5-3-7-21-17(11)15/h3,5,7-10,15-16,20H,2,4,6H2,1H3. The third kappa shape index (κ3) is 3.15. The van der Waals surface area contributed by atoms with Crippen LogP contribution in [0.3, 0.4) is 0 Å². The fourth-order valence-electron chi connectivity index (χ4n) is 3.32. The quantitative estimate of drug-likeness (QED) is 0.838. The largest absolute Gasteiger partial charge is 0.312 e. The van der Waals surface area contributed by atoms with Crippen molar-refractivity contribution in [1.29, 1.82) is 0 Å². The lowest BCUT2D eigenvalue weighted by molar-refractivity contribution is 0.415. The van der Waals surface area contributed by atoms with Gasteiger partial charge in [-0.25, -0.2) is 0 Å². The summed E-state index contributed by atoms with van der Waals surface area (Å²) in [5.74, 6) is 0.394. The van der Waals surface area contributed by atoms with Crippen molar-refractivity contribution in [3.63, 3.8) is 0 Å². The molecule has 0 fully saturated rings. The Morgan fingerprint density at radius 2 is 2.24 bits per heavy atom. The van der Waals surface area contributed by atoms with Crippen molar-refractivity contribution in [3.05, 3.63) is 62.8 Å². The molecule has 2 nitrogen and oxygen atoms in total. The monoisotopic (exact) mass is 364 g/mol. The summed E-state index contributed by atoms with van der Waals surface area (Å²) in [6, 6.07) is 10.6. The van der Waals surface area contributed by atoms with Crippen molar-refractivity contribution < 1.29 is 0 Å². The summed E-state index contributed by atoms with van der Waals surface area (Å²) in [5, 5.41) is 4.22. The van der Waals surface area contributed by atoms with Gasteiger partial charge in [0.05, 0.1) is 0 Å². The average Bonchev–Trinajstić information content (AvgIpc) is 2.47. The van der Waals surface area contributed by atoms with E-state index in [1.54, 1.807) is 0 Å². The van der Waals surface area contributed by atoms with Gasteiger partial charge in [-0.05, 0) is 61.7 Å². The van der Waals surface area contributed by atoms with E-state index in [9.17, 15) is 0 Å². The normalized spacial score (nSPS) is 19.1. The number of pyridine rings is 1. The molecular weight excluding hydrogens is 348 g/mol. The highest BCUT2D eigenvalue weighted by Gasteiger charge is 2.29. The van der Waals surface area contributed by atoms with E-state index in [2.05, 4.69) is 38.4 Å². The minimum Gasteiger partial charge on any atom is -0.312 e. The Morgan fingerprint density at radius 3 is 3.00 bits per heavy atom. The van der Waals surface area contributed by atoms with Crippen LogP contribution in [-0.4, -0.2) is 12.0 Å². The molecule has 0 saturated carbocycles. The second-order valence-electron chi connectivity index (χ2n) is 5.52. The smallest absolute Gasteiger partial charge is 0.0485 e. The molecule has 0 saturated heterocycles. The number of benzene rings is 1. The molecule has 2 unspecified atom stereocenters. The lowest BCUT2D eigenvalue weighted by atomic mass is 9.79. The van der Waals surface area contributed by atoms with Crippen LogP contribution in [0.4, 0.5) is 0 Å². The van der Waals surface area contributed by atoms with Gasteiger partial charge in [0.25, 0.3) is 0 Å². The summed E-state index contributed by atoms with van der Waals surface area (Å²) >= 11 is 9.76. The maximum atomic E-state index is 6.22. The van der Waals surface area contributed by atoms with Crippen LogP contribution >= 0.6 is 27.5 Å². The fraction of sp³-hybridized carbons (Fsp3) is 0.353. The van der Waals surface area contributed by atoms with Crippen LogP contribution in [0.2, 0.25) is 5.02 Å². The molecular formula is C17H18BrClN2. The Bertz CT molecular complexity index is 624. The molecule has 110 valence electrons. The van der Waals surface area contributed by atoms with E-state index >= 15 is 0 Å². The zero-order chi connectivity index (χ0) is 14.8. The molecule has 1 aliphatic rings. The van der Waals surface area contributed by atoms with Crippen LogP contribution < -0.4 is 5.32 Å². The topological polar surface area (TPSA) is 24.9 Å². The van der Waals surface area contributed by atoms with Gasteiger partial charge in [-0.1, -0.05) is 33.6 Å². The first-order chi connectivity index (χ1) is 10.2. The Kier molecular flexibility index (Phi) is 4.63. The molecule has 1 heterocycles. The average molecular weight is 366 g/mol. The Labute approximate surface area is 139 Å². The van der Waals surface area contributed by atoms with Gasteiger partial charge in [0, 0.05) is 33.3 Å². The summed E-state index contributed by atoms with van der Waals surface area (Å²) < 4.78 is 1.02. The second-order valence-corrected chi connectivity index (χ2v) is 6.87. The Morgan fingerprint density at radius 1 is 1.38 bits per heavy atom. The third-order valence-electron chi connectivity index (χ3n) is 4.20. The van der Waals surface area contributed by atoms with Crippen molar-refractivity contribution in [2.24, 2.45) is 0 Å². The van der Waals surface area contributed by atoms with Crippen molar-refractivity contribution in [3.8, 4) is 0 Å². The van der Waals surface area contributed by atoms with E-state index in [4.69, 9.17) is 11.6 Å². The highest BCUT2D eigenvalue weighted by atomic mass is 79.9. The number of fused-ring (bicyclic) bond motifs is 1. The van der Waals surface area contributed by atoms with Gasteiger partial charge in [0.1, 0.15) is 0 Å². The van der Waals surface area contributed by atoms with E-state index in [1.165, 1.54) is 23.2 Å². The van der Waals surface area contributed by atoms with Crippen molar-refractivity contribution in [1.82, 2.24) is 10.3 Å². The molecule has 0 amide bonds. The third-order valence-corrected chi connectivity index (χ3v) is 4.87. The van der Waals surface area contributed by atoms with Gasteiger partial charge in [-0.2, -0.15) is 0 Å². The van der Waals surface area contributed by atoms with E-state index in [0.717, 1.165) is 22.3 Å². The van der Waals surface area contributed by atoms with E-state index in [1.807, 2.05) is 31.4 Å². The molecule has 4 heteroatoms. The first-order valence-corrected chi connectivity index (χ1v) is 8.43. The van der Waals surface area contributed by atoms with Gasteiger partial charge < -0.3 is 5.32 Å². The van der Waals surface area contributed by atoms with Crippen LogP contribution in [0, 0.1) is 0 Å². The van der Waals surface area contributed by atoms with Crippen LogP contribution in [0.25, 0.3) is 0 Å². The van der Waals surface area contributed by atoms with Gasteiger partial charge in [0.15, 0.2) is 0 Å². The highest BCUT2D eigenvalue weighted by molar-refractivity contribution is 9.10. The van der Waals surface area contributed by atoms with Crippen LogP contribution in [0.5, 0.6) is 0 Å². The number of aromatic nitrogens is 1. The summed E-state index contributed by atoms with van der Waals surface area (Å²) in [4.78, 5) is 4.66. The zero-order valence-corrected chi connectivity index (χ0v) is 14.3. The number of halogens is 2. The molecule has 1 aromatic heterocycles. The molecule has 0 spiro atoms. The Balaban J connectivity index is 2.01. The number of rotatable bonds is 3. The zero-order valence-electron chi connectivity index (χ0n) is 11.9. The van der Waals surface area contributed by atoms with Crippen LogP contribution in [-0.2, 0) is 6.42 Å². The van der Waals surface area contributed by atoms with Gasteiger partial charge in [-0.15, -0.1) is 0 Å². The number of likely N-dealkylation sites (N-methyl/N-ethyl adjacent to an activating group) is 1. The molecule has 2 atom stereocenters. The molecule has 0 radical (unpaired) electrons. The van der Waals surface area contributed by atoms with E-state index in [-0.39, 0.29) is 6.04 Å². The summed E-state index contributed by atoms with van der Waals surface area (Å²) in [7, 11) is 2.01. The summed E-state index contributed by atoms with van der Waals surface area (Å²) in [5.41, 5.74) is 3.83. The second kappa shape index (κ2) is 6.47. The van der Waals surface area contributed by atoms with Gasteiger partial charge in [-0.3, -0.25) is 4.98 Å². The fourth-order valence-corrected chi connectivity index (χ4v) is 4.21. The predicted octanol–water partition coefficient (Wildman–Crippen LogP) is 4.88. The Hall–Kier alpha value is -0.900. The molecule has 0 bridgehead atoms. The number of aryl methyl sites for hydroxylation is 1. The van der Waals surface area contributed by atoms with Gasteiger partial charge in [0.2, 0.25) is 0 Å². The highest BCUT2D eigenvalue weighted by Crippen LogP contribution is 2.40. The maximum absolute atomic E-state index is 6.22. The first-order valence-electron chi connectivity index (χ1n) is 7.26. The van der Waals surface area contributed by atoms with Crippen molar-refractivity contribution in [2.75, 3.05) is 7.05 Å². The van der Waals surface area contributed by atoms with E-state index in [0.29, 0.717) is 5.92 Å². The number of nitrogens with one attached hydrogen (secondary N) is 1. The van der Waals surface area contributed by atoms with Crippen LogP contribution in [0.1, 0.15) is 41.6 Å². The predicted molar refractivity (Wildman–Crippen MR) is 90.9 cm³/mol. The molecule has 21 heavy (non-hydrogen) atoms. The van der Waals surface area contributed by atoms with E-state index < -0.39 is 0 Å². The first kappa shape index (κ1) is 15.0. The molecule has 1 aromatic carbocycles. The lowest BCUT2D eigenvalue weighted by Gasteiger charge is -2.31. The summed E-state index contributed by atoms with van der Waals surface area (Å²) in [6.07, 6.45) is 5.40. The van der Waals surface area contributed by atoms with Crippen LogP contribution in [0.15, 0.2) is 41.0 Å². The summed E-state index contributed by atoms with van der Waals surface area (Å²) in [6.45, 7) is 0. The molecule has 1 N–H and O–H groups in total. The molecule has 0 aliphatic heterocycles. The minimum absolute atomic E-state index is 0.231. The SMILES string of the molecule is CNC(c1cc(Cl)cc(Br)c1)C1CCCc2cccnc21. The number of hydrogen-bond donors (Lipinski definition) is 1. The molecule has 3 rings (SSSR count). The number of hydrogen-bond acceptors (Lipinski definition) is 2.